The third-order valence-corrected chi connectivity index (χ3v) is 3.23. The van der Waals surface area contributed by atoms with Crippen molar-refractivity contribution in [3.63, 3.8) is 0 Å². The van der Waals surface area contributed by atoms with Gasteiger partial charge in [-0.25, -0.2) is 9.98 Å². The van der Waals surface area contributed by atoms with Crippen LogP contribution in [0, 0.1) is 0 Å². The second-order valence-corrected chi connectivity index (χ2v) is 4.53. The Balaban J connectivity index is 2.70. The van der Waals surface area contributed by atoms with Gasteiger partial charge in [0.25, 0.3) is 5.91 Å². The molecule has 0 radical (unpaired) electrons. The zero-order valence-corrected chi connectivity index (χ0v) is 12.6. The first kappa shape index (κ1) is 15.0. The van der Waals surface area contributed by atoms with Crippen molar-refractivity contribution in [2.24, 2.45) is 9.98 Å². The molecule has 0 fully saturated rings. The fraction of sp³-hybridized carbons (Fsp3) is 0.133. The normalized spacial score (nSPS) is 12.5. The maximum atomic E-state index is 12.0. The molecule has 1 aromatic carbocycles. The summed E-state index contributed by atoms with van der Waals surface area (Å²) in [4.78, 5) is 19.7. The lowest BCUT2D eigenvalue weighted by Crippen LogP contribution is -2.17. The van der Waals surface area contributed by atoms with Gasteiger partial charge in [-0.05, 0) is 37.4 Å². The molecule has 1 N–H and O–H groups in total. The zero-order chi connectivity index (χ0) is 15.4. The summed E-state index contributed by atoms with van der Waals surface area (Å²) >= 11 is 5.82. The molecule has 0 unspecified atom stereocenters. The number of nitrogens with zero attached hydrogens (tertiary/aromatic N) is 3. The number of aliphatic imine (C=N–C) groups is 2. The number of halogens is 1. The molecule has 0 atom stereocenters. The van der Waals surface area contributed by atoms with E-state index < -0.39 is 0 Å². The van der Waals surface area contributed by atoms with Crippen LogP contribution in [0.25, 0.3) is 16.7 Å². The number of benzene rings is 1. The van der Waals surface area contributed by atoms with Crippen molar-refractivity contribution in [3.05, 3.63) is 42.1 Å². The molecule has 0 aliphatic carbocycles. The number of carbonyl (C=O) groups excluding carboxylic acids is 1. The molecule has 21 heavy (non-hydrogen) atoms. The molecule has 1 aromatic heterocycles. The maximum absolute atomic E-state index is 12.0. The minimum absolute atomic E-state index is 0.0439. The molecule has 6 heteroatoms. The number of para-hydroxylation sites is 1. The lowest BCUT2D eigenvalue weighted by Gasteiger charge is -2.05. The average Bonchev–Trinajstić information content (AvgIpc) is 2.91. The lowest BCUT2D eigenvalue weighted by molar-refractivity contribution is 0.0964. The Morgan fingerprint density at radius 3 is 2.76 bits per heavy atom. The minimum atomic E-state index is -0.155. The van der Waals surface area contributed by atoms with E-state index in [-0.39, 0.29) is 11.2 Å². The van der Waals surface area contributed by atoms with Gasteiger partial charge >= 0.3 is 0 Å². The Labute approximate surface area is 127 Å². The number of rotatable bonds is 3. The van der Waals surface area contributed by atoms with Crippen LogP contribution < -0.4 is 5.32 Å². The van der Waals surface area contributed by atoms with E-state index >= 15 is 0 Å². The summed E-state index contributed by atoms with van der Waals surface area (Å²) in [6, 6.07) is 7.59. The highest BCUT2D eigenvalue weighted by atomic mass is 35.5. The molecule has 0 bridgehead atoms. The Hall–Kier alpha value is -2.40. The number of hydrogen-bond donors (Lipinski definition) is 1. The smallest absolute Gasteiger partial charge is 0.253 e. The monoisotopic (exact) mass is 302 g/mol. The second-order valence-electron chi connectivity index (χ2n) is 4.19. The largest absolute Gasteiger partial charge is 0.355 e. The molecular formula is C15H15ClN4O. The van der Waals surface area contributed by atoms with E-state index in [2.05, 4.69) is 22.0 Å². The molecule has 1 amide bonds. The van der Waals surface area contributed by atoms with Crippen molar-refractivity contribution in [3.8, 4) is 0 Å². The highest BCUT2D eigenvalue weighted by Crippen LogP contribution is 2.25. The van der Waals surface area contributed by atoms with Crippen LogP contribution >= 0.6 is 11.6 Å². The number of amidine groups is 1. The van der Waals surface area contributed by atoms with Crippen LogP contribution in [-0.2, 0) is 0 Å². The fourth-order valence-corrected chi connectivity index (χ4v) is 2.16. The summed E-state index contributed by atoms with van der Waals surface area (Å²) < 4.78 is 1.80. The maximum Gasteiger partial charge on any atom is 0.253 e. The van der Waals surface area contributed by atoms with Gasteiger partial charge in [0, 0.05) is 18.6 Å². The van der Waals surface area contributed by atoms with E-state index in [0.29, 0.717) is 11.4 Å². The van der Waals surface area contributed by atoms with Crippen LogP contribution in [0.5, 0.6) is 0 Å². The van der Waals surface area contributed by atoms with Crippen molar-refractivity contribution in [1.29, 1.82) is 0 Å². The first-order chi connectivity index (χ1) is 10.1. The van der Waals surface area contributed by atoms with Crippen LogP contribution in [0.3, 0.4) is 0 Å². The van der Waals surface area contributed by atoms with Crippen LogP contribution in [0.4, 0.5) is 0 Å². The number of amides is 1. The molecular weight excluding hydrogens is 288 g/mol. The second kappa shape index (κ2) is 6.37. The number of nitrogens with one attached hydrogen (secondary N) is 1. The Morgan fingerprint density at radius 1 is 1.43 bits per heavy atom. The van der Waals surface area contributed by atoms with Crippen LogP contribution in [0.15, 0.2) is 46.5 Å². The standard InChI is InChI=1S/C15H15ClN4O/c1-4-13(19-15(16)18-3)20-9-11(14(21)17-2)10-7-5-6-8-12(10)20/h4-9H,3H2,1-2H3,(H,17,21)/b13-4+,19-15?. The summed E-state index contributed by atoms with van der Waals surface area (Å²) in [6.45, 7) is 5.17. The predicted octanol–water partition coefficient (Wildman–Crippen LogP) is 3.11. The lowest BCUT2D eigenvalue weighted by atomic mass is 10.2. The minimum Gasteiger partial charge on any atom is -0.355 e. The number of carbonyl (C=O) groups is 1. The van der Waals surface area contributed by atoms with Crippen LogP contribution in [0.2, 0.25) is 0 Å². The molecule has 5 nitrogen and oxygen atoms in total. The van der Waals surface area contributed by atoms with Gasteiger partial charge in [-0.3, -0.25) is 4.79 Å². The Morgan fingerprint density at radius 2 is 2.14 bits per heavy atom. The molecule has 0 aliphatic heterocycles. The van der Waals surface area contributed by atoms with Gasteiger partial charge in [-0.15, -0.1) is 0 Å². The van der Waals surface area contributed by atoms with E-state index in [9.17, 15) is 4.79 Å². The van der Waals surface area contributed by atoms with Crippen molar-refractivity contribution in [2.45, 2.75) is 6.92 Å². The van der Waals surface area contributed by atoms with Gasteiger partial charge in [-0.2, -0.15) is 0 Å². The topological polar surface area (TPSA) is 58.8 Å². The SMILES string of the molecule is C=NC(Cl)=N/C(=C\C)n1cc(C(=O)NC)c2ccccc21. The van der Waals surface area contributed by atoms with Gasteiger partial charge in [0.05, 0.1) is 11.1 Å². The fourth-order valence-electron chi connectivity index (χ4n) is 2.07. The summed E-state index contributed by atoms with van der Waals surface area (Å²) in [7, 11) is 1.60. The van der Waals surface area contributed by atoms with Gasteiger partial charge in [0.1, 0.15) is 5.82 Å². The van der Waals surface area contributed by atoms with Crippen molar-refractivity contribution in [1.82, 2.24) is 9.88 Å². The summed E-state index contributed by atoms with van der Waals surface area (Å²) in [5, 5.41) is 3.52. The molecule has 2 aromatic rings. The number of hydrogen-bond acceptors (Lipinski definition) is 2. The first-order valence-electron chi connectivity index (χ1n) is 6.32. The third kappa shape index (κ3) is 2.87. The van der Waals surface area contributed by atoms with Gasteiger partial charge in [0.15, 0.2) is 0 Å². The highest BCUT2D eigenvalue weighted by molar-refractivity contribution is 6.65. The average molecular weight is 303 g/mol. The van der Waals surface area contributed by atoms with Crippen LogP contribution in [-0.4, -0.2) is 29.5 Å². The van der Waals surface area contributed by atoms with Gasteiger partial charge in [-0.1, -0.05) is 18.2 Å². The van der Waals surface area contributed by atoms with E-state index in [4.69, 9.17) is 11.6 Å². The summed E-state index contributed by atoms with van der Waals surface area (Å²) in [5.74, 6) is 0.413. The van der Waals surface area contributed by atoms with Crippen molar-refractivity contribution >= 4 is 46.2 Å². The van der Waals surface area contributed by atoms with E-state index in [0.717, 1.165) is 10.9 Å². The van der Waals surface area contributed by atoms with E-state index in [1.165, 1.54) is 0 Å². The third-order valence-electron chi connectivity index (χ3n) is 3.03. The molecule has 0 spiro atoms. The molecule has 1 heterocycles. The number of fused-ring (bicyclic) bond motifs is 1. The van der Waals surface area contributed by atoms with Crippen molar-refractivity contribution in [2.75, 3.05) is 7.05 Å². The Bertz CT molecular complexity index is 758. The molecule has 108 valence electrons. The van der Waals surface area contributed by atoms with Crippen molar-refractivity contribution < 1.29 is 4.79 Å². The summed E-state index contributed by atoms with van der Waals surface area (Å²) in [6.07, 6.45) is 3.52. The molecule has 0 saturated carbocycles. The molecule has 0 saturated heterocycles. The van der Waals surface area contributed by atoms with E-state index in [1.54, 1.807) is 23.9 Å². The van der Waals surface area contributed by atoms with E-state index in [1.807, 2.05) is 31.2 Å². The first-order valence-corrected chi connectivity index (χ1v) is 6.70. The molecule has 2 rings (SSSR count). The quantitative estimate of drug-likeness (QED) is 0.528. The summed E-state index contributed by atoms with van der Waals surface area (Å²) in [5.41, 5.74) is 1.44. The molecule has 0 aliphatic rings. The predicted molar refractivity (Wildman–Crippen MR) is 88.1 cm³/mol. The van der Waals surface area contributed by atoms with Crippen LogP contribution in [0.1, 0.15) is 17.3 Å². The highest BCUT2D eigenvalue weighted by Gasteiger charge is 2.15. The Kier molecular flexibility index (Phi) is 4.55. The zero-order valence-electron chi connectivity index (χ0n) is 11.8. The number of allylic oxidation sites excluding steroid dienone is 1. The number of aromatic nitrogens is 1. The van der Waals surface area contributed by atoms with Gasteiger partial charge < -0.3 is 9.88 Å². The van der Waals surface area contributed by atoms with Gasteiger partial charge in [0.2, 0.25) is 5.29 Å².